The van der Waals surface area contributed by atoms with Gasteiger partial charge < -0.3 is 9.64 Å². The summed E-state index contributed by atoms with van der Waals surface area (Å²) in [6.45, 7) is 1.55. The first-order valence-corrected chi connectivity index (χ1v) is 8.74. The molecular formula is C20H22ClNO2. The first-order chi connectivity index (χ1) is 11.7. The fraction of sp³-hybridized carbons (Fsp3) is 0.350. The first kappa shape index (κ1) is 16.8. The molecule has 0 aliphatic carbocycles. The van der Waals surface area contributed by atoms with Gasteiger partial charge >= 0.3 is 0 Å². The average Bonchev–Trinajstić information content (AvgIpc) is 2.88. The van der Waals surface area contributed by atoms with Gasteiger partial charge in [0.2, 0.25) is 0 Å². The van der Waals surface area contributed by atoms with E-state index in [4.69, 9.17) is 16.3 Å². The molecule has 0 bridgehead atoms. The number of methoxy groups -OCH3 is 1. The fourth-order valence-electron chi connectivity index (χ4n) is 3.27. The molecule has 0 aromatic heterocycles. The molecule has 1 saturated heterocycles. The average molecular weight is 344 g/mol. The molecular weight excluding hydrogens is 322 g/mol. The number of ether oxygens (including phenoxy) is 1. The van der Waals surface area contributed by atoms with Crippen LogP contribution in [0, 0.1) is 0 Å². The van der Waals surface area contributed by atoms with Gasteiger partial charge in [-0.3, -0.25) is 4.79 Å². The third-order valence-electron chi connectivity index (χ3n) is 4.62. The number of carbonyl (C=O) groups excluding carboxylic acids is 1. The molecule has 3 rings (SSSR count). The molecule has 1 atom stereocenters. The van der Waals surface area contributed by atoms with E-state index in [0.29, 0.717) is 17.2 Å². The molecule has 0 spiro atoms. The van der Waals surface area contributed by atoms with Crippen LogP contribution in [-0.2, 0) is 0 Å². The number of likely N-dealkylation sites (tertiary alicyclic amines) is 1. The minimum absolute atomic E-state index is 0.0785. The number of hydrogen-bond acceptors (Lipinski definition) is 2. The summed E-state index contributed by atoms with van der Waals surface area (Å²) in [6, 6.07) is 15.4. The molecule has 1 aliphatic heterocycles. The van der Waals surface area contributed by atoms with Crippen molar-refractivity contribution in [1.29, 1.82) is 0 Å². The Morgan fingerprint density at radius 1 is 1.17 bits per heavy atom. The van der Waals surface area contributed by atoms with Crippen LogP contribution in [0.15, 0.2) is 48.5 Å². The summed E-state index contributed by atoms with van der Waals surface area (Å²) in [7, 11) is 1.62. The minimum Gasteiger partial charge on any atom is -0.497 e. The van der Waals surface area contributed by atoms with Gasteiger partial charge in [-0.25, -0.2) is 0 Å². The summed E-state index contributed by atoms with van der Waals surface area (Å²) < 4.78 is 5.24. The number of hydrogen-bond donors (Lipinski definition) is 0. The Balaban J connectivity index is 1.79. The topological polar surface area (TPSA) is 29.5 Å². The lowest BCUT2D eigenvalue weighted by molar-refractivity contribution is 0.0754. The zero-order valence-corrected chi connectivity index (χ0v) is 14.6. The lowest BCUT2D eigenvalue weighted by atomic mass is 9.94. The van der Waals surface area contributed by atoms with Crippen LogP contribution in [0.3, 0.4) is 0 Å². The number of halogens is 1. The second kappa shape index (κ2) is 7.71. The molecule has 1 amide bonds. The first-order valence-electron chi connectivity index (χ1n) is 8.36. The molecule has 1 aliphatic rings. The predicted molar refractivity (Wildman–Crippen MR) is 96.9 cm³/mol. The van der Waals surface area contributed by atoms with Crippen LogP contribution >= 0.6 is 11.6 Å². The van der Waals surface area contributed by atoms with E-state index in [1.807, 2.05) is 41.3 Å². The van der Waals surface area contributed by atoms with Crippen LogP contribution in [0.2, 0.25) is 5.02 Å². The normalized spacial score (nSPS) is 18.1. The van der Waals surface area contributed by atoms with Crippen LogP contribution in [-0.4, -0.2) is 31.0 Å². The number of benzene rings is 2. The largest absolute Gasteiger partial charge is 0.497 e. The number of rotatable bonds is 3. The van der Waals surface area contributed by atoms with Crippen molar-refractivity contribution < 1.29 is 9.53 Å². The summed E-state index contributed by atoms with van der Waals surface area (Å²) in [4.78, 5) is 14.9. The molecule has 0 saturated carbocycles. The third-order valence-corrected chi connectivity index (χ3v) is 4.87. The van der Waals surface area contributed by atoms with Crippen LogP contribution < -0.4 is 4.74 Å². The Morgan fingerprint density at radius 2 is 1.96 bits per heavy atom. The molecule has 1 fully saturated rings. The van der Waals surface area contributed by atoms with Gasteiger partial charge in [-0.1, -0.05) is 36.2 Å². The molecule has 1 heterocycles. The van der Waals surface area contributed by atoms with Gasteiger partial charge in [0.1, 0.15) is 5.75 Å². The molecule has 2 aromatic carbocycles. The molecule has 0 N–H and O–H groups in total. The Labute approximate surface area is 148 Å². The van der Waals surface area contributed by atoms with E-state index in [9.17, 15) is 4.79 Å². The van der Waals surface area contributed by atoms with E-state index < -0.39 is 0 Å². The van der Waals surface area contributed by atoms with Gasteiger partial charge in [-0.05, 0) is 48.7 Å². The summed E-state index contributed by atoms with van der Waals surface area (Å²) in [5, 5.41) is 0.747. The zero-order valence-electron chi connectivity index (χ0n) is 13.9. The van der Waals surface area contributed by atoms with Crippen molar-refractivity contribution in [2.45, 2.75) is 25.2 Å². The maximum absolute atomic E-state index is 12.9. The van der Waals surface area contributed by atoms with Gasteiger partial charge in [0.05, 0.1) is 7.11 Å². The van der Waals surface area contributed by atoms with Crippen molar-refractivity contribution in [2.24, 2.45) is 0 Å². The van der Waals surface area contributed by atoms with E-state index >= 15 is 0 Å². The van der Waals surface area contributed by atoms with Crippen molar-refractivity contribution in [3.63, 3.8) is 0 Å². The molecule has 24 heavy (non-hydrogen) atoms. The number of carbonyl (C=O) groups is 1. The Morgan fingerprint density at radius 3 is 2.71 bits per heavy atom. The molecule has 126 valence electrons. The number of amides is 1. The van der Waals surface area contributed by atoms with Crippen molar-refractivity contribution in [3.8, 4) is 5.75 Å². The van der Waals surface area contributed by atoms with Gasteiger partial charge in [0, 0.05) is 29.6 Å². The minimum atomic E-state index is 0.0785. The van der Waals surface area contributed by atoms with Gasteiger partial charge in [0.25, 0.3) is 5.91 Å². The van der Waals surface area contributed by atoms with Gasteiger partial charge in [0.15, 0.2) is 0 Å². The van der Waals surface area contributed by atoms with Crippen LogP contribution in [0.4, 0.5) is 0 Å². The lowest BCUT2D eigenvalue weighted by Gasteiger charge is -2.25. The van der Waals surface area contributed by atoms with Crippen molar-refractivity contribution >= 4 is 17.5 Å². The van der Waals surface area contributed by atoms with Crippen molar-refractivity contribution in [1.82, 2.24) is 4.90 Å². The lowest BCUT2D eigenvalue weighted by Crippen LogP contribution is -2.34. The highest BCUT2D eigenvalue weighted by atomic mass is 35.5. The Hall–Kier alpha value is -2.00. The smallest absolute Gasteiger partial charge is 0.254 e. The maximum Gasteiger partial charge on any atom is 0.254 e. The Kier molecular flexibility index (Phi) is 5.41. The van der Waals surface area contributed by atoms with Gasteiger partial charge in [-0.15, -0.1) is 0 Å². The monoisotopic (exact) mass is 343 g/mol. The van der Waals surface area contributed by atoms with E-state index in [1.54, 1.807) is 7.11 Å². The Bertz CT molecular complexity index is 699. The van der Waals surface area contributed by atoms with Crippen molar-refractivity contribution in [2.75, 3.05) is 20.2 Å². The third kappa shape index (κ3) is 3.90. The maximum atomic E-state index is 12.9. The summed E-state index contributed by atoms with van der Waals surface area (Å²) in [6.07, 6.45) is 3.28. The molecule has 0 radical (unpaired) electrons. The van der Waals surface area contributed by atoms with Gasteiger partial charge in [-0.2, -0.15) is 0 Å². The highest BCUT2D eigenvalue weighted by Gasteiger charge is 2.24. The highest BCUT2D eigenvalue weighted by molar-refractivity contribution is 6.30. The van der Waals surface area contributed by atoms with E-state index in [1.165, 1.54) is 5.56 Å². The van der Waals surface area contributed by atoms with Crippen LogP contribution in [0.5, 0.6) is 5.75 Å². The molecule has 4 heteroatoms. The zero-order chi connectivity index (χ0) is 16.9. The molecule has 1 unspecified atom stereocenters. The summed E-state index contributed by atoms with van der Waals surface area (Å²) in [5.74, 6) is 1.15. The standard InChI is InChI=1S/C20H22ClNO2/c1-24-19-7-4-6-16(13-19)20(23)22-12-3-2-5-17(14-22)15-8-10-18(21)11-9-15/h4,6-11,13,17H,2-3,5,12,14H2,1H3. The fourth-order valence-corrected chi connectivity index (χ4v) is 3.40. The number of nitrogens with zero attached hydrogens (tertiary/aromatic N) is 1. The quantitative estimate of drug-likeness (QED) is 0.804. The van der Waals surface area contributed by atoms with E-state index in [2.05, 4.69) is 12.1 Å². The van der Waals surface area contributed by atoms with E-state index in [0.717, 1.165) is 37.4 Å². The SMILES string of the molecule is COc1cccc(C(=O)N2CCCCC(c3ccc(Cl)cc3)C2)c1. The van der Waals surface area contributed by atoms with Crippen molar-refractivity contribution in [3.05, 3.63) is 64.7 Å². The molecule has 3 nitrogen and oxygen atoms in total. The second-order valence-electron chi connectivity index (χ2n) is 6.23. The summed E-state index contributed by atoms with van der Waals surface area (Å²) in [5.41, 5.74) is 1.94. The van der Waals surface area contributed by atoms with Crippen LogP contribution in [0.1, 0.15) is 41.1 Å². The second-order valence-corrected chi connectivity index (χ2v) is 6.66. The predicted octanol–water partition coefficient (Wildman–Crippen LogP) is 4.76. The molecule has 2 aromatic rings. The highest BCUT2D eigenvalue weighted by Crippen LogP contribution is 2.28. The van der Waals surface area contributed by atoms with E-state index in [-0.39, 0.29) is 5.91 Å². The summed E-state index contributed by atoms with van der Waals surface area (Å²) >= 11 is 5.99. The van der Waals surface area contributed by atoms with Crippen LogP contribution in [0.25, 0.3) is 0 Å².